The molecule has 2 heteroatoms. The fourth-order valence-electron chi connectivity index (χ4n) is 2.75. The van der Waals surface area contributed by atoms with Crippen LogP contribution in [-0.2, 0) is 0 Å². The minimum absolute atomic E-state index is 0.433. The molecule has 1 aliphatic rings. The summed E-state index contributed by atoms with van der Waals surface area (Å²) in [7, 11) is 0. The van der Waals surface area contributed by atoms with Crippen molar-refractivity contribution in [2.24, 2.45) is 23.0 Å². The summed E-state index contributed by atoms with van der Waals surface area (Å²) in [6, 6.07) is 0.433. The molecule has 0 saturated heterocycles. The Labute approximate surface area is 119 Å². The second-order valence-electron chi connectivity index (χ2n) is 6.90. The minimum Gasteiger partial charge on any atom is -0.327 e. The van der Waals surface area contributed by atoms with Crippen molar-refractivity contribution in [1.29, 1.82) is 0 Å². The van der Waals surface area contributed by atoms with Crippen LogP contribution in [-0.4, -0.2) is 17.0 Å². The lowest BCUT2D eigenvalue weighted by molar-refractivity contribution is 0.148. The molecule has 108 valence electrons. The molecular formula is C16H33NS. The monoisotopic (exact) mass is 271 g/mol. The Morgan fingerprint density at radius 1 is 1.28 bits per heavy atom. The van der Waals surface area contributed by atoms with Gasteiger partial charge in [0.15, 0.2) is 0 Å². The molecule has 4 atom stereocenters. The number of thioether (sulfide) groups is 1. The summed E-state index contributed by atoms with van der Waals surface area (Å²) in [5, 5.41) is 0.698. The van der Waals surface area contributed by atoms with Crippen LogP contribution in [0.25, 0.3) is 0 Å². The lowest BCUT2D eigenvalue weighted by Crippen LogP contribution is -2.42. The molecule has 1 rings (SSSR count). The third-order valence-corrected chi connectivity index (χ3v) is 6.88. The van der Waals surface area contributed by atoms with Crippen molar-refractivity contribution in [2.45, 2.75) is 78.0 Å². The van der Waals surface area contributed by atoms with Crippen LogP contribution in [0.5, 0.6) is 0 Å². The highest BCUT2D eigenvalue weighted by atomic mass is 32.2. The molecule has 1 nitrogen and oxygen atoms in total. The van der Waals surface area contributed by atoms with Crippen LogP contribution in [0.15, 0.2) is 0 Å². The number of rotatable bonds is 6. The van der Waals surface area contributed by atoms with Crippen LogP contribution in [0.2, 0.25) is 0 Å². The lowest BCUT2D eigenvalue weighted by atomic mass is 9.69. The average Bonchev–Trinajstić information content (AvgIpc) is 2.37. The molecule has 2 N–H and O–H groups in total. The number of nitrogens with two attached hydrogens (primary N) is 1. The summed E-state index contributed by atoms with van der Waals surface area (Å²) >= 11 is 2.14. The van der Waals surface area contributed by atoms with Gasteiger partial charge in [0.2, 0.25) is 0 Å². The fourth-order valence-corrected chi connectivity index (χ4v) is 4.31. The van der Waals surface area contributed by atoms with E-state index in [1.807, 2.05) is 0 Å². The van der Waals surface area contributed by atoms with E-state index in [1.54, 1.807) is 0 Å². The van der Waals surface area contributed by atoms with E-state index in [1.165, 1.54) is 37.9 Å². The van der Waals surface area contributed by atoms with Crippen molar-refractivity contribution < 1.29 is 0 Å². The van der Waals surface area contributed by atoms with Gasteiger partial charge in [-0.2, -0.15) is 11.8 Å². The molecule has 4 unspecified atom stereocenters. The number of hydrogen-bond donors (Lipinski definition) is 1. The van der Waals surface area contributed by atoms with Crippen molar-refractivity contribution in [3.05, 3.63) is 0 Å². The second-order valence-corrected chi connectivity index (χ2v) is 8.17. The highest BCUT2D eigenvalue weighted by Gasteiger charge is 2.36. The zero-order valence-corrected chi connectivity index (χ0v) is 13.9. The Morgan fingerprint density at radius 2 is 1.94 bits per heavy atom. The summed E-state index contributed by atoms with van der Waals surface area (Å²) in [5.74, 6) is 2.99. The Kier molecular flexibility index (Phi) is 6.54. The Bertz CT molecular complexity index is 239. The standard InChI is InChI=1S/C16H33NS/c1-6-12(3)11-18-15-10-13(8-9-14(15)17)16(4,5)7-2/h12-15H,6-11,17H2,1-5H3. The Morgan fingerprint density at radius 3 is 2.50 bits per heavy atom. The number of hydrogen-bond acceptors (Lipinski definition) is 2. The van der Waals surface area contributed by atoms with Gasteiger partial charge in [-0.15, -0.1) is 0 Å². The van der Waals surface area contributed by atoms with Crippen molar-refractivity contribution in [2.75, 3.05) is 5.75 Å². The molecule has 1 aliphatic carbocycles. The van der Waals surface area contributed by atoms with E-state index in [4.69, 9.17) is 5.73 Å². The van der Waals surface area contributed by atoms with Gasteiger partial charge in [-0.25, -0.2) is 0 Å². The summed E-state index contributed by atoms with van der Waals surface area (Å²) in [5.41, 5.74) is 6.83. The molecule has 0 aromatic heterocycles. The first-order valence-corrected chi connectivity index (χ1v) is 8.82. The predicted octanol–water partition coefficient (Wildman–Crippen LogP) is 4.70. The van der Waals surface area contributed by atoms with Gasteiger partial charge in [0, 0.05) is 11.3 Å². The van der Waals surface area contributed by atoms with E-state index in [-0.39, 0.29) is 0 Å². The van der Waals surface area contributed by atoms with E-state index >= 15 is 0 Å². The fraction of sp³-hybridized carbons (Fsp3) is 1.00. The van der Waals surface area contributed by atoms with E-state index in [0.29, 0.717) is 16.7 Å². The van der Waals surface area contributed by atoms with Crippen LogP contribution in [0.4, 0.5) is 0 Å². The first-order chi connectivity index (χ1) is 8.40. The van der Waals surface area contributed by atoms with Gasteiger partial charge in [-0.3, -0.25) is 0 Å². The predicted molar refractivity (Wildman–Crippen MR) is 85.1 cm³/mol. The molecule has 18 heavy (non-hydrogen) atoms. The Hall–Kier alpha value is 0.310. The summed E-state index contributed by atoms with van der Waals surface area (Å²) < 4.78 is 0. The molecule has 0 radical (unpaired) electrons. The molecule has 0 bridgehead atoms. The highest BCUT2D eigenvalue weighted by molar-refractivity contribution is 7.99. The summed E-state index contributed by atoms with van der Waals surface area (Å²) in [6.45, 7) is 11.8. The molecular weight excluding hydrogens is 238 g/mol. The molecule has 0 heterocycles. The normalized spacial score (nSPS) is 31.3. The van der Waals surface area contributed by atoms with Crippen LogP contribution < -0.4 is 5.73 Å². The van der Waals surface area contributed by atoms with Gasteiger partial charge in [0.1, 0.15) is 0 Å². The van der Waals surface area contributed by atoms with E-state index in [9.17, 15) is 0 Å². The first-order valence-electron chi connectivity index (χ1n) is 7.77. The highest BCUT2D eigenvalue weighted by Crippen LogP contribution is 2.43. The zero-order chi connectivity index (χ0) is 13.8. The molecule has 1 saturated carbocycles. The van der Waals surface area contributed by atoms with Crippen molar-refractivity contribution in [3.63, 3.8) is 0 Å². The third-order valence-electron chi connectivity index (χ3n) is 5.15. The van der Waals surface area contributed by atoms with Crippen molar-refractivity contribution in [1.82, 2.24) is 0 Å². The first kappa shape index (κ1) is 16.4. The van der Waals surface area contributed by atoms with Gasteiger partial charge >= 0.3 is 0 Å². The van der Waals surface area contributed by atoms with Crippen LogP contribution in [0.3, 0.4) is 0 Å². The zero-order valence-electron chi connectivity index (χ0n) is 13.0. The largest absolute Gasteiger partial charge is 0.327 e. The maximum atomic E-state index is 6.33. The van der Waals surface area contributed by atoms with Gasteiger partial charge in [-0.1, -0.05) is 47.5 Å². The van der Waals surface area contributed by atoms with Crippen LogP contribution in [0.1, 0.15) is 66.7 Å². The van der Waals surface area contributed by atoms with E-state index in [0.717, 1.165) is 11.8 Å². The molecule has 0 aliphatic heterocycles. The van der Waals surface area contributed by atoms with Gasteiger partial charge in [0.25, 0.3) is 0 Å². The molecule has 0 aromatic rings. The lowest BCUT2D eigenvalue weighted by Gasteiger charge is -2.42. The quantitative estimate of drug-likeness (QED) is 0.758. The molecule has 0 spiro atoms. The van der Waals surface area contributed by atoms with Crippen molar-refractivity contribution in [3.8, 4) is 0 Å². The van der Waals surface area contributed by atoms with Crippen LogP contribution >= 0.6 is 11.8 Å². The minimum atomic E-state index is 0.433. The average molecular weight is 272 g/mol. The molecule has 1 fully saturated rings. The maximum absolute atomic E-state index is 6.33. The van der Waals surface area contributed by atoms with Gasteiger partial charge in [0.05, 0.1) is 0 Å². The summed E-state index contributed by atoms with van der Waals surface area (Å²) in [4.78, 5) is 0. The van der Waals surface area contributed by atoms with E-state index in [2.05, 4.69) is 46.4 Å². The molecule has 0 aromatic carbocycles. The summed E-state index contributed by atoms with van der Waals surface area (Å²) in [6.07, 6.45) is 6.48. The second kappa shape index (κ2) is 7.19. The topological polar surface area (TPSA) is 26.0 Å². The third kappa shape index (κ3) is 4.45. The smallest absolute Gasteiger partial charge is 0.0201 e. The SMILES string of the molecule is CCC(C)CSC1CC(C(C)(C)CC)CCC1N. The van der Waals surface area contributed by atoms with Crippen molar-refractivity contribution >= 4 is 11.8 Å². The van der Waals surface area contributed by atoms with Gasteiger partial charge < -0.3 is 5.73 Å². The van der Waals surface area contributed by atoms with Crippen LogP contribution in [0, 0.1) is 17.3 Å². The molecule has 0 amide bonds. The maximum Gasteiger partial charge on any atom is 0.0201 e. The van der Waals surface area contributed by atoms with Gasteiger partial charge in [-0.05, 0) is 42.3 Å². The Balaban J connectivity index is 2.51. The van der Waals surface area contributed by atoms with E-state index < -0.39 is 0 Å².